The second kappa shape index (κ2) is 25.5. The highest BCUT2D eigenvalue weighted by molar-refractivity contribution is 7.87. The largest absolute Gasteiger partial charge is 0.492 e. The fourth-order valence-electron chi connectivity index (χ4n) is 8.30. The van der Waals surface area contributed by atoms with E-state index in [9.17, 15) is 32.9 Å². The number of hydrogen-bond acceptors (Lipinski definition) is 15. The van der Waals surface area contributed by atoms with Crippen molar-refractivity contribution in [1.29, 1.82) is 5.26 Å². The quantitative estimate of drug-likeness (QED) is 0.0792. The van der Waals surface area contributed by atoms with E-state index >= 15 is 4.79 Å². The fourth-order valence-corrected chi connectivity index (χ4v) is 8.73. The van der Waals surface area contributed by atoms with Gasteiger partial charge in [0.15, 0.2) is 34.7 Å². The van der Waals surface area contributed by atoms with E-state index in [2.05, 4.69) is 20.0 Å². The van der Waals surface area contributed by atoms with Gasteiger partial charge in [0.25, 0.3) is 10.2 Å². The number of nitrogens with two attached hydrogens (primary N) is 3. The minimum Gasteiger partial charge on any atom is -0.492 e. The van der Waals surface area contributed by atoms with E-state index in [1.807, 2.05) is 37.3 Å². The molecule has 1 aliphatic heterocycles. The average Bonchev–Trinajstić information content (AvgIpc) is 3.31. The standard InChI is InChI=1S/C49H61N9O10S.H2S/c1-7-31-10-13-33(14-11-31)47-55-29(3)44(30(4)56-47)40(60)25-35(27-54-69(53,64)65)49(63)58(5)45-34-24-37(46(66-6)43(26-34)68-20-18-52)36-22-32(12-15-42(36)67-19-17-51)23-38(39(59)9-8-16-50)57-48(62)28(2)21-41(45)61;/h10-15,22,24,26,28,35,38,45,54H,7-9,17-21,23,25,27,51-52H2,1-6H3,(H,57,62)(H2,53,64,65);1H2/t28-,35+,38+,45+;/m1./s1. The molecule has 4 bridgehead atoms. The first-order valence-electron chi connectivity index (χ1n) is 22.6. The first kappa shape index (κ1) is 56.3. The Kier molecular flexibility index (Phi) is 20.5. The van der Waals surface area contributed by atoms with Crippen LogP contribution >= 0.6 is 13.5 Å². The Morgan fingerprint density at radius 2 is 1.60 bits per heavy atom. The molecule has 1 aliphatic rings. The molecule has 70 heavy (non-hydrogen) atoms. The first-order chi connectivity index (χ1) is 32.8. The number of nitrogens with zero attached hydrogens (tertiary/aromatic N) is 4. The van der Waals surface area contributed by atoms with Gasteiger partial charge in [-0.05, 0) is 67.6 Å². The Morgan fingerprint density at radius 1 is 0.957 bits per heavy atom. The molecule has 19 nitrogen and oxygen atoms in total. The first-order valence-corrected chi connectivity index (χ1v) is 24.1. The minimum absolute atomic E-state index is 0. The zero-order valence-electron chi connectivity index (χ0n) is 40.3. The number of hydrogen-bond donors (Lipinski definition) is 5. The van der Waals surface area contributed by atoms with Crippen LogP contribution in [0.3, 0.4) is 0 Å². The smallest absolute Gasteiger partial charge is 0.274 e. The highest BCUT2D eigenvalue weighted by atomic mass is 32.2. The van der Waals surface area contributed by atoms with Crippen LogP contribution < -0.4 is 40.9 Å². The van der Waals surface area contributed by atoms with E-state index in [0.29, 0.717) is 39.7 Å². The second-order valence-corrected chi connectivity index (χ2v) is 18.3. The Morgan fingerprint density at radius 3 is 2.19 bits per heavy atom. The van der Waals surface area contributed by atoms with Gasteiger partial charge in [0.2, 0.25) is 11.8 Å². The van der Waals surface area contributed by atoms with Crippen molar-refractivity contribution in [3.63, 3.8) is 0 Å². The third kappa shape index (κ3) is 14.2. The van der Waals surface area contributed by atoms with Crippen molar-refractivity contribution in [2.75, 3.05) is 47.0 Å². The molecule has 0 aliphatic carbocycles. The van der Waals surface area contributed by atoms with E-state index < -0.39 is 82.7 Å². The van der Waals surface area contributed by atoms with Crippen LogP contribution in [-0.2, 0) is 42.2 Å². The number of nitrogens with one attached hydrogen (secondary N) is 2. The topological polar surface area (TPSA) is 302 Å². The monoisotopic (exact) mass is 1000 g/mol. The van der Waals surface area contributed by atoms with Crippen LogP contribution in [0, 0.1) is 37.0 Å². The molecule has 0 saturated heterocycles. The van der Waals surface area contributed by atoms with E-state index in [0.717, 1.165) is 22.4 Å². The molecule has 5 rings (SSSR count). The zero-order chi connectivity index (χ0) is 50.6. The third-order valence-corrected chi connectivity index (χ3v) is 12.4. The highest BCUT2D eigenvalue weighted by Gasteiger charge is 2.38. The maximum atomic E-state index is 15.0. The number of carbonyl (C=O) groups excluding carboxylic acids is 5. The Hall–Kier alpha value is -6.28. The number of nitriles is 1. The van der Waals surface area contributed by atoms with Gasteiger partial charge < -0.3 is 35.9 Å². The summed E-state index contributed by atoms with van der Waals surface area (Å²) < 4.78 is 45.0. The predicted molar refractivity (Wildman–Crippen MR) is 268 cm³/mol. The van der Waals surface area contributed by atoms with Crippen molar-refractivity contribution in [2.24, 2.45) is 28.4 Å². The van der Waals surface area contributed by atoms with Gasteiger partial charge in [-0.15, -0.1) is 0 Å². The number of methoxy groups -OCH3 is 1. The highest BCUT2D eigenvalue weighted by Crippen LogP contribution is 2.46. The summed E-state index contributed by atoms with van der Waals surface area (Å²) in [6, 6.07) is 15.3. The lowest BCUT2D eigenvalue weighted by Gasteiger charge is -2.32. The van der Waals surface area contributed by atoms with Crippen LogP contribution in [0.5, 0.6) is 17.2 Å². The molecule has 0 unspecified atom stereocenters. The summed E-state index contributed by atoms with van der Waals surface area (Å²) in [6.45, 7) is 6.53. The second-order valence-electron chi connectivity index (χ2n) is 16.9. The molecule has 2 heterocycles. The number of rotatable bonds is 20. The van der Waals surface area contributed by atoms with Crippen LogP contribution in [-0.4, -0.2) is 105 Å². The molecule has 0 spiro atoms. The molecular weight excluding hydrogens is 939 g/mol. The minimum atomic E-state index is -4.41. The lowest BCUT2D eigenvalue weighted by Crippen LogP contribution is -2.46. The third-order valence-electron chi connectivity index (χ3n) is 11.8. The molecule has 8 N–H and O–H groups in total. The van der Waals surface area contributed by atoms with Crippen molar-refractivity contribution in [2.45, 2.75) is 78.3 Å². The number of aryl methyl sites for hydroxylation is 3. The number of carbonyl (C=O) groups is 5. The molecule has 376 valence electrons. The van der Waals surface area contributed by atoms with Gasteiger partial charge in [-0.1, -0.05) is 44.2 Å². The molecule has 0 saturated carbocycles. The predicted octanol–water partition coefficient (Wildman–Crippen LogP) is 3.48. The zero-order valence-corrected chi connectivity index (χ0v) is 42.1. The van der Waals surface area contributed by atoms with Gasteiger partial charge >= 0.3 is 0 Å². The number of aromatic nitrogens is 2. The molecule has 21 heteroatoms. The Balaban J connectivity index is 0.0000107. The van der Waals surface area contributed by atoms with Gasteiger partial charge in [-0.3, -0.25) is 24.0 Å². The number of ether oxygens (including phenoxy) is 3. The van der Waals surface area contributed by atoms with E-state index in [4.69, 9.17) is 30.8 Å². The van der Waals surface area contributed by atoms with Crippen LogP contribution in [0.25, 0.3) is 22.5 Å². The number of likely N-dealkylation sites (N-methyl/N-ethyl adjacent to an activating group) is 1. The Labute approximate surface area is 415 Å². The Bertz CT molecular complexity index is 2690. The maximum absolute atomic E-state index is 15.0. The molecular formula is C49H63N9O10S2. The number of benzene rings is 3. The summed E-state index contributed by atoms with van der Waals surface area (Å²) in [7, 11) is -1.66. The summed E-state index contributed by atoms with van der Waals surface area (Å²) in [4.78, 5) is 82.1. The van der Waals surface area contributed by atoms with Crippen LogP contribution in [0.1, 0.15) is 84.0 Å². The number of fused-ring (bicyclic) bond motifs is 5. The molecule has 3 aromatic carbocycles. The van der Waals surface area contributed by atoms with Crippen LogP contribution in [0.15, 0.2) is 54.6 Å². The van der Waals surface area contributed by atoms with Gasteiger partial charge in [0.05, 0.1) is 42.1 Å². The van der Waals surface area contributed by atoms with Gasteiger partial charge in [-0.25, -0.2) is 19.8 Å². The summed E-state index contributed by atoms with van der Waals surface area (Å²) in [5, 5.41) is 17.4. The van der Waals surface area contributed by atoms with Crippen LogP contribution in [0.2, 0.25) is 0 Å². The lowest BCUT2D eigenvalue weighted by molar-refractivity contribution is -0.142. The number of amides is 2. The number of Topliss-reactive ketones (excluding diaryl/α,β-unsaturated/α-hetero) is 3. The van der Waals surface area contributed by atoms with Crippen molar-refractivity contribution in [3.8, 4) is 45.8 Å². The summed E-state index contributed by atoms with van der Waals surface area (Å²) in [6.07, 6.45) is -0.370. The van der Waals surface area contributed by atoms with Crippen molar-refractivity contribution in [3.05, 3.63) is 88.2 Å². The fraction of sp³-hybridized carbons (Fsp3) is 0.429. The summed E-state index contributed by atoms with van der Waals surface area (Å²) in [5.74, 6) is -4.52. The summed E-state index contributed by atoms with van der Waals surface area (Å²) >= 11 is 0. The summed E-state index contributed by atoms with van der Waals surface area (Å²) in [5.41, 5.74) is 15.9. The van der Waals surface area contributed by atoms with Crippen LogP contribution in [0.4, 0.5) is 0 Å². The van der Waals surface area contributed by atoms with Gasteiger partial charge in [-0.2, -0.15) is 27.2 Å². The van der Waals surface area contributed by atoms with Gasteiger partial charge in [0.1, 0.15) is 25.0 Å². The number of ketones is 3. The SMILES string of the molecule is CCc1ccc(-c2nc(C)c(C(=O)C[C@@H](CNS(N)(=O)=O)C(=O)N(C)[C@@H]3C(=O)C[C@@H](C)C(=O)N[C@H](C(=O)CCC#N)Cc4ccc(OCCN)c(c4)-c4cc3cc(OCCN)c4OC)c(C)n2)cc1.S. The maximum Gasteiger partial charge on any atom is 0.274 e. The van der Waals surface area contributed by atoms with E-state index in [-0.39, 0.29) is 81.7 Å². The molecule has 4 atom stereocenters. The molecule has 1 aromatic heterocycles. The van der Waals surface area contributed by atoms with Crippen molar-refractivity contribution in [1.82, 2.24) is 24.9 Å². The van der Waals surface area contributed by atoms with E-state index in [1.54, 1.807) is 38.1 Å². The molecule has 2 amide bonds. The van der Waals surface area contributed by atoms with E-state index in [1.165, 1.54) is 27.1 Å². The average molecular weight is 1000 g/mol. The molecule has 0 radical (unpaired) electrons. The van der Waals surface area contributed by atoms with Crippen molar-refractivity contribution < 1.29 is 46.6 Å². The lowest BCUT2D eigenvalue weighted by atomic mass is 9.88. The molecule has 4 aromatic rings. The normalized spacial score (nSPS) is 16.4. The van der Waals surface area contributed by atoms with Gasteiger partial charge in [0, 0.05) is 75.0 Å². The molecule has 0 fully saturated rings. The van der Waals surface area contributed by atoms with Crippen molar-refractivity contribution >= 4 is 52.9 Å².